The lowest BCUT2D eigenvalue weighted by Crippen LogP contribution is -2.36. The predicted molar refractivity (Wildman–Crippen MR) is 79.5 cm³/mol. The standard InChI is InChI=1S/C12H19N7S/c1-4-9-5-14-11(20-9)7-16-12(13-2)15-6-10-17-8-18-19(10)3/h5,8H,4,6-7H2,1-3H3,(H2,13,15,16). The highest BCUT2D eigenvalue weighted by Crippen LogP contribution is 2.12. The summed E-state index contributed by atoms with van der Waals surface area (Å²) in [5.74, 6) is 1.58. The first kappa shape index (κ1) is 14.4. The van der Waals surface area contributed by atoms with Gasteiger partial charge in [0.2, 0.25) is 0 Å². The molecule has 2 aromatic rings. The van der Waals surface area contributed by atoms with Gasteiger partial charge in [-0.05, 0) is 6.42 Å². The van der Waals surface area contributed by atoms with Crippen LogP contribution in [-0.2, 0) is 26.6 Å². The Labute approximate surface area is 122 Å². The number of aryl methyl sites for hydroxylation is 2. The Morgan fingerprint density at radius 3 is 2.75 bits per heavy atom. The summed E-state index contributed by atoms with van der Waals surface area (Å²) in [7, 11) is 3.60. The van der Waals surface area contributed by atoms with Crippen LogP contribution in [-0.4, -0.2) is 32.8 Å². The smallest absolute Gasteiger partial charge is 0.191 e. The molecule has 2 rings (SSSR count). The average Bonchev–Trinajstić information content (AvgIpc) is 3.08. The second-order valence-corrected chi connectivity index (χ2v) is 5.35. The molecule has 0 saturated heterocycles. The maximum Gasteiger partial charge on any atom is 0.191 e. The zero-order chi connectivity index (χ0) is 14.4. The number of guanidine groups is 1. The highest BCUT2D eigenvalue weighted by Gasteiger charge is 2.04. The van der Waals surface area contributed by atoms with Gasteiger partial charge in [0.1, 0.15) is 17.2 Å². The number of nitrogens with zero attached hydrogens (tertiary/aromatic N) is 5. The number of aromatic nitrogens is 4. The quantitative estimate of drug-likeness (QED) is 0.626. The van der Waals surface area contributed by atoms with Crippen molar-refractivity contribution in [2.45, 2.75) is 26.4 Å². The molecule has 2 N–H and O–H groups in total. The molecule has 0 atom stereocenters. The molecular formula is C12H19N7S. The van der Waals surface area contributed by atoms with Crippen molar-refractivity contribution in [1.29, 1.82) is 0 Å². The van der Waals surface area contributed by atoms with Crippen molar-refractivity contribution < 1.29 is 0 Å². The Kier molecular flexibility index (Phi) is 5.05. The molecule has 0 aliphatic heterocycles. The molecule has 2 aromatic heterocycles. The zero-order valence-electron chi connectivity index (χ0n) is 11.9. The third-order valence-corrected chi connectivity index (χ3v) is 3.94. The number of hydrogen-bond acceptors (Lipinski definition) is 5. The van der Waals surface area contributed by atoms with Crippen LogP contribution < -0.4 is 10.6 Å². The third kappa shape index (κ3) is 3.77. The second-order valence-electron chi connectivity index (χ2n) is 4.15. The van der Waals surface area contributed by atoms with Crippen LogP contribution in [0.15, 0.2) is 17.5 Å². The molecule has 20 heavy (non-hydrogen) atoms. The maximum atomic E-state index is 4.36. The first-order valence-electron chi connectivity index (χ1n) is 6.44. The van der Waals surface area contributed by atoms with E-state index in [1.54, 1.807) is 23.1 Å². The summed E-state index contributed by atoms with van der Waals surface area (Å²) < 4.78 is 1.73. The van der Waals surface area contributed by atoms with Gasteiger partial charge in [0.05, 0.1) is 13.1 Å². The van der Waals surface area contributed by atoms with Gasteiger partial charge in [0.25, 0.3) is 0 Å². The van der Waals surface area contributed by atoms with Crippen molar-refractivity contribution in [2.75, 3.05) is 7.05 Å². The van der Waals surface area contributed by atoms with Crippen LogP contribution in [0.1, 0.15) is 22.6 Å². The van der Waals surface area contributed by atoms with E-state index >= 15 is 0 Å². The van der Waals surface area contributed by atoms with Gasteiger partial charge in [-0.25, -0.2) is 9.97 Å². The molecule has 7 nitrogen and oxygen atoms in total. The van der Waals surface area contributed by atoms with Gasteiger partial charge in [0, 0.05) is 25.2 Å². The summed E-state index contributed by atoms with van der Waals surface area (Å²) in [6, 6.07) is 0. The first-order valence-corrected chi connectivity index (χ1v) is 7.25. The lowest BCUT2D eigenvalue weighted by molar-refractivity contribution is 0.672. The molecule has 0 amide bonds. The van der Waals surface area contributed by atoms with E-state index in [9.17, 15) is 0 Å². The van der Waals surface area contributed by atoms with E-state index in [4.69, 9.17) is 0 Å². The monoisotopic (exact) mass is 293 g/mol. The molecule has 0 aromatic carbocycles. The summed E-state index contributed by atoms with van der Waals surface area (Å²) in [4.78, 5) is 14.0. The molecule has 0 saturated carbocycles. The van der Waals surface area contributed by atoms with Crippen LogP contribution in [0.5, 0.6) is 0 Å². The van der Waals surface area contributed by atoms with Crippen LogP contribution >= 0.6 is 11.3 Å². The van der Waals surface area contributed by atoms with Gasteiger partial charge in [-0.3, -0.25) is 9.67 Å². The number of aliphatic imine (C=N–C) groups is 1. The Morgan fingerprint density at radius 1 is 1.35 bits per heavy atom. The molecule has 0 aliphatic rings. The fourth-order valence-electron chi connectivity index (χ4n) is 1.62. The molecule has 0 spiro atoms. The average molecular weight is 293 g/mol. The lowest BCUT2D eigenvalue weighted by atomic mass is 10.4. The van der Waals surface area contributed by atoms with Gasteiger partial charge in [-0.15, -0.1) is 11.3 Å². The fraction of sp³-hybridized carbons (Fsp3) is 0.500. The summed E-state index contributed by atoms with van der Waals surface area (Å²) in [5, 5.41) is 11.5. The topological polar surface area (TPSA) is 80.0 Å². The van der Waals surface area contributed by atoms with Crippen molar-refractivity contribution in [1.82, 2.24) is 30.4 Å². The third-order valence-electron chi connectivity index (χ3n) is 2.80. The van der Waals surface area contributed by atoms with Crippen LogP contribution in [0.4, 0.5) is 0 Å². The maximum absolute atomic E-state index is 4.36. The highest BCUT2D eigenvalue weighted by atomic mass is 32.1. The molecule has 0 bridgehead atoms. The van der Waals surface area contributed by atoms with Gasteiger partial charge in [-0.1, -0.05) is 6.92 Å². The zero-order valence-corrected chi connectivity index (χ0v) is 12.7. The summed E-state index contributed by atoms with van der Waals surface area (Å²) >= 11 is 1.72. The van der Waals surface area contributed by atoms with E-state index in [-0.39, 0.29) is 0 Å². The van der Waals surface area contributed by atoms with E-state index in [2.05, 4.69) is 37.6 Å². The minimum atomic E-state index is 0.578. The molecule has 8 heteroatoms. The Hall–Kier alpha value is -1.96. The largest absolute Gasteiger partial charge is 0.350 e. The minimum Gasteiger partial charge on any atom is -0.350 e. The molecule has 0 fully saturated rings. The minimum absolute atomic E-state index is 0.578. The van der Waals surface area contributed by atoms with Crippen LogP contribution in [0.25, 0.3) is 0 Å². The molecule has 0 unspecified atom stereocenters. The highest BCUT2D eigenvalue weighted by molar-refractivity contribution is 7.11. The van der Waals surface area contributed by atoms with Crippen LogP contribution in [0.2, 0.25) is 0 Å². The number of nitrogens with one attached hydrogen (secondary N) is 2. The number of thiazole rings is 1. The van der Waals surface area contributed by atoms with E-state index in [0.717, 1.165) is 23.2 Å². The van der Waals surface area contributed by atoms with E-state index in [0.29, 0.717) is 13.1 Å². The van der Waals surface area contributed by atoms with Crippen molar-refractivity contribution >= 4 is 17.3 Å². The summed E-state index contributed by atoms with van der Waals surface area (Å²) in [6.07, 6.45) is 4.49. The Bertz CT molecular complexity index is 572. The van der Waals surface area contributed by atoms with E-state index < -0.39 is 0 Å². The summed E-state index contributed by atoms with van der Waals surface area (Å²) in [5.41, 5.74) is 0. The van der Waals surface area contributed by atoms with E-state index in [1.165, 1.54) is 11.2 Å². The molecule has 108 valence electrons. The fourth-order valence-corrected chi connectivity index (χ4v) is 2.42. The normalized spacial score (nSPS) is 11.7. The van der Waals surface area contributed by atoms with E-state index in [1.807, 2.05) is 13.2 Å². The van der Waals surface area contributed by atoms with Crippen molar-refractivity contribution in [3.8, 4) is 0 Å². The van der Waals surface area contributed by atoms with Gasteiger partial charge in [-0.2, -0.15) is 5.10 Å². The van der Waals surface area contributed by atoms with Gasteiger partial charge < -0.3 is 10.6 Å². The molecular weight excluding hydrogens is 274 g/mol. The Balaban J connectivity index is 1.82. The molecule has 2 heterocycles. The lowest BCUT2D eigenvalue weighted by Gasteiger charge is -2.10. The van der Waals surface area contributed by atoms with Crippen molar-refractivity contribution in [3.05, 3.63) is 28.2 Å². The van der Waals surface area contributed by atoms with Crippen molar-refractivity contribution in [2.24, 2.45) is 12.0 Å². The van der Waals surface area contributed by atoms with Gasteiger partial charge >= 0.3 is 0 Å². The first-order chi connectivity index (χ1) is 9.72. The van der Waals surface area contributed by atoms with Crippen molar-refractivity contribution in [3.63, 3.8) is 0 Å². The van der Waals surface area contributed by atoms with Crippen LogP contribution in [0, 0.1) is 0 Å². The molecule has 0 radical (unpaired) electrons. The summed E-state index contributed by atoms with van der Waals surface area (Å²) in [6.45, 7) is 3.38. The van der Waals surface area contributed by atoms with Gasteiger partial charge in [0.15, 0.2) is 5.96 Å². The SMILES string of the molecule is CCc1cnc(CNC(=NC)NCc2ncnn2C)s1. The molecule has 0 aliphatic carbocycles. The Morgan fingerprint density at radius 2 is 2.15 bits per heavy atom. The number of hydrogen-bond donors (Lipinski definition) is 2. The number of rotatable bonds is 5. The predicted octanol–water partition coefficient (Wildman–Crippen LogP) is 0.699. The second kappa shape index (κ2) is 6.99. The van der Waals surface area contributed by atoms with Crippen LogP contribution in [0.3, 0.4) is 0 Å².